The first kappa shape index (κ1) is 19.9. The van der Waals surface area contributed by atoms with Crippen LogP contribution in [0.15, 0.2) is 42.7 Å². The first-order chi connectivity index (χ1) is 13.3. The van der Waals surface area contributed by atoms with Crippen LogP contribution >= 0.6 is 0 Å². The highest BCUT2D eigenvalue weighted by Gasteiger charge is 2.32. The minimum atomic E-state index is -4.49. The van der Waals surface area contributed by atoms with E-state index < -0.39 is 11.9 Å². The minimum Gasteiger partial charge on any atom is -0.491 e. The van der Waals surface area contributed by atoms with E-state index in [-0.39, 0.29) is 11.7 Å². The van der Waals surface area contributed by atoms with Crippen molar-refractivity contribution in [3.63, 3.8) is 0 Å². The Labute approximate surface area is 161 Å². The van der Waals surface area contributed by atoms with Gasteiger partial charge < -0.3 is 20.1 Å². The second kappa shape index (κ2) is 8.00. The lowest BCUT2D eigenvalue weighted by molar-refractivity contribution is -0.141. The maximum absolute atomic E-state index is 12.7. The van der Waals surface area contributed by atoms with Crippen LogP contribution in [0.25, 0.3) is 0 Å². The predicted molar refractivity (Wildman–Crippen MR) is 101 cm³/mol. The molecule has 1 aliphatic heterocycles. The molecule has 0 spiro atoms. The third-order valence-corrected chi connectivity index (χ3v) is 4.54. The van der Waals surface area contributed by atoms with Crippen molar-refractivity contribution in [1.82, 2.24) is 4.98 Å². The molecule has 150 valence electrons. The second-order valence-electron chi connectivity index (χ2n) is 6.70. The number of ether oxygens (including phenoxy) is 2. The number of nitrogens with two attached hydrogens (primary N) is 1. The number of allylic oxidation sites excluding steroid dienone is 1. The van der Waals surface area contributed by atoms with E-state index in [0.717, 1.165) is 42.1 Å². The van der Waals surface area contributed by atoms with E-state index in [4.69, 9.17) is 15.2 Å². The number of hydrogen-bond acceptors (Lipinski definition) is 5. The Morgan fingerprint density at radius 3 is 2.68 bits per heavy atom. The number of rotatable bonds is 5. The lowest BCUT2D eigenvalue weighted by Gasteiger charge is -2.30. The minimum absolute atomic E-state index is 0.217. The number of halogens is 3. The van der Waals surface area contributed by atoms with Gasteiger partial charge in [-0.3, -0.25) is 0 Å². The number of nitrogens with zero attached hydrogens (tertiary/aromatic N) is 2. The summed E-state index contributed by atoms with van der Waals surface area (Å²) in [6.07, 6.45) is 1.73. The first-order valence-electron chi connectivity index (χ1n) is 8.86. The summed E-state index contributed by atoms with van der Waals surface area (Å²) >= 11 is 0. The molecule has 28 heavy (non-hydrogen) atoms. The normalized spacial score (nSPS) is 16.5. The molecule has 1 aliphatic rings. The zero-order chi connectivity index (χ0) is 20.3. The fraction of sp³-hybridized carbons (Fsp3) is 0.350. The molecule has 2 aromatic rings. The fourth-order valence-electron chi connectivity index (χ4n) is 3.23. The molecule has 0 fully saturated rings. The van der Waals surface area contributed by atoms with Crippen LogP contribution in [-0.4, -0.2) is 25.7 Å². The topological polar surface area (TPSA) is 60.6 Å². The third-order valence-electron chi connectivity index (χ3n) is 4.54. The monoisotopic (exact) mass is 393 g/mol. The Hall–Kier alpha value is -2.90. The van der Waals surface area contributed by atoms with Crippen molar-refractivity contribution in [3.8, 4) is 17.2 Å². The average molecular weight is 393 g/mol. The van der Waals surface area contributed by atoms with Crippen LogP contribution in [0.5, 0.6) is 17.2 Å². The van der Waals surface area contributed by atoms with Gasteiger partial charge in [0, 0.05) is 19.7 Å². The molecular weight excluding hydrogens is 371 g/mol. The smallest absolute Gasteiger partial charge is 0.433 e. The Bertz CT molecular complexity index is 849. The Balaban J connectivity index is 1.94. The van der Waals surface area contributed by atoms with Crippen LogP contribution < -0.4 is 20.1 Å². The van der Waals surface area contributed by atoms with E-state index >= 15 is 0 Å². The van der Waals surface area contributed by atoms with Crippen molar-refractivity contribution >= 4 is 5.69 Å². The predicted octanol–water partition coefficient (Wildman–Crippen LogP) is 4.69. The van der Waals surface area contributed by atoms with Crippen molar-refractivity contribution in [2.24, 2.45) is 5.73 Å². The van der Waals surface area contributed by atoms with Crippen molar-refractivity contribution in [3.05, 3.63) is 54.0 Å². The van der Waals surface area contributed by atoms with Crippen molar-refractivity contribution in [1.29, 1.82) is 0 Å². The van der Waals surface area contributed by atoms with Gasteiger partial charge in [0.2, 0.25) is 0 Å². The van der Waals surface area contributed by atoms with Crippen molar-refractivity contribution in [2.75, 3.05) is 25.6 Å². The van der Waals surface area contributed by atoms with Crippen LogP contribution in [0, 0.1) is 0 Å². The molecule has 0 radical (unpaired) electrons. The highest BCUT2D eigenvalue weighted by atomic mass is 19.4. The summed E-state index contributed by atoms with van der Waals surface area (Å²) in [5.41, 5.74) is 6.31. The molecule has 0 saturated carbocycles. The maximum Gasteiger partial charge on any atom is 0.433 e. The molecule has 1 unspecified atom stereocenters. The lowest BCUT2D eigenvalue weighted by atomic mass is 9.89. The second-order valence-corrected chi connectivity index (χ2v) is 6.70. The van der Waals surface area contributed by atoms with E-state index in [1.54, 1.807) is 6.07 Å². The molecular formula is C20H22F3N3O2. The van der Waals surface area contributed by atoms with E-state index in [2.05, 4.69) is 4.98 Å². The van der Waals surface area contributed by atoms with Crippen LogP contribution in [0.4, 0.5) is 18.9 Å². The van der Waals surface area contributed by atoms with Gasteiger partial charge in [0.1, 0.15) is 22.9 Å². The average Bonchev–Trinajstić information content (AvgIpc) is 2.65. The van der Waals surface area contributed by atoms with Gasteiger partial charge in [-0.15, -0.1) is 0 Å². The molecule has 1 aromatic carbocycles. The van der Waals surface area contributed by atoms with Crippen LogP contribution in [0.3, 0.4) is 0 Å². The number of hydrogen-bond donors (Lipinski definition) is 1. The van der Waals surface area contributed by atoms with Gasteiger partial charge in [0.05, 0.1) is 12.8 Å². The molecule has 5 nitrogen and oxygen atoms in total. The lowest BCUT2D eigenvalue weighted by Crippen LogP contribution is -2.19. The standard InChI is InChI=1S/C20H22F3N3O2/c1-26(2)18-16(28-14-5-8-17(25-12-14)20(21,22)23)7-6-15-13(4-3-10-24)9-11-27-19(15)18/h3,5-8,10,12-13H,4,9,11,24H2,1-2H3. The Kier molecular flexibility index (Phi) is 5.67. The molecule has 2 N–H and O–H groups in total. The number of alkyl halides is 3. The number of anilines is 1. The van der Waals surface area contributed by atoms with Gasteiger partial charge in [-0.25, -0.2) is 4.98 Å². The molecule has 8 heteroatoms. The van der Waals surface area contributed by atoms with E-state index in [0.29, 0.717) is 12.4 Å². The zero-order valence-corrected chi connectivity index (χ0v) is 15.7. The number of fused-ring (bicyclic) bond motifs is 1. The summed E-state index contributed by atoms with van der Waals surface area (Å²) in [5.74, 6) is 1.71. The third kappa shape index (κ3) is 4.16. The number of aromatic nitrogens is 1. The molecule has 0 bridgehead atoms. The fourth-order valence-corrected chi connectivity index (χ4v) is 3.23. The maximum atomic E-state index is 12.7. The van der Waals surface area contributed by atoms with Crippen LogP contribution in [-0.2, 0) is 6.18 Å². The summed E-state index contributed by atoms with van der Waals surface area (Å²) in [4.78, 5) is 5.31. The molecule has 1 atom stereocenters. The molecule has 0 aliphatic carbocycles. The summed E-state index contributed by atoms with van der Waals surface area (Å²) in [6.45, 7) is 0.572. The highest BCUT2D eigenvalue weighted by Crippen LogP contribution is 2.47. The van der Waals surface area contributed by atoms with E-state index in [1.165, 1.54) is 12.3 Å². The van der Waals surface area contributed by atoms with E-state index in [9.17, 15) is 13.2 Å². The molecule has 0 saturated heterocycles. The molecule has 2 heterocycles. The molecule has 0 amide bonds. The quantitative estimate of drug-likeness (QED) is 0.799. The van der Waals surface area contributed by atoms with Crippen LogP contribution in [0.1, 0.15) is 30.0 Å². The SMILES string of the molecule is CN(C)c1c(Oc2ccc(C(F)(F)F)nc2)ccc2c1OCCC2CC=CN. The highest BCUT2D eigenvalue weighted by molar-refractivity contribution is 5.71. The van der Waals surface area contributed by atoms with Gasteiger partial charge in [-0.05, 0) is 43.2 Å². The van der Waals surface area contributed by atoms with Crippen molar-refractivity contribution in [2.45, 2.75) is 24.9 Å². The summed E-state index contributed by atoms with van der Waals surface area (Å²) in [5, 5.41) is 0. The molecule has 3 rings (SSSR count). The Morgan fingerprint density at radius 1 is 1.29 bits per heavy atom. The largest absolute Gasteiger partial charge is 0.491 e. The summed E-state index contributed by atoms with van der Waals surface area (Å²) in [6, 6.07) is 5.89. The van der Waals surface area contributed by atoms with Gasteiger partial charge in [0.15, 0.2) is 5.75 Å². The Morgan fingerprint density at radius 2 is 2.07 bits per heavy atom. The van der Waals surface area contributed by atoms with Crippen molar-refractivity contribution < 1.29 is 22.6 Å². The van der Waals surface area contributed by atoms with Gasteiger partial charge >= 0.3 is 6.18 Å². The first-order valence-corrected chi connectivity index (χ1v) is 8.86. The number of pyridine rings is 1. The van der Waals surface area contributed by atoms with Gasteiger partial charge in [-0.2, -0.15) is 13.2 Å². The zero-order valence-electron chi connectivity index (χ0n) is 15.7. The van der Waals surface area contributed by atoms with Gasteiger partial charge in [0.25, 0.3) is 0 Å². The van der Waals surface area contributed by atoms with Crippen LogP contribution in [0.2, 0.25) is 0 Å². The number of benzene rings is 1. The van der Waals surface area contributed by atoms with Gasteiger partial charge in [-0.1, -0.05) is 12.1 Å². The summed E-state index contributed by atoms with van der Waals surface area (Å²) < 4.78 is 49.8. The summed E-state index contributed by atoms with van der Waals surface area (Å²) in [7, 11) is 3.72. The molecule has 1 aromatic heterocycles. The van der Waals surface area contributed by atoms with E-state index in [1.807, 2.05) is 31.1 Å².